The van der Waals surface area contributed by atoms with E-state index in [0.717, 1.165) is 41.2 Å². The molecule has 0 aliphatic carbocycles. The highest BCUT2D eigenvalue weighted by atomic mass is 32.2. The Morgan fingerprint density at radius 2 is 1.89 bits per heavy atom. The van der Waals surface area contributed by atoms with E-state index in [2.05, 4.69) is 15.5 Å². The number of nitrogens with one attached hydrogen (secondary N) is 1. The summed E-state index contributed by atoms with van der Waals surface area (Å²) in [6, 6.07) is 17.8. The number of nitrogens with zero attached hydrogens (tertiary/aromatic N) is 4. The molecule has 0 bridgehead atoms. The zero-order valence-corrected chi connectivity index (χ0v) is 18.7. The zero-order valence-electron chi connectivity index (χ0n) is 17.9. The van der Waals surface area contributed by atoms with E-state index in [1.54, 1.807) is 16.7 Å². The molecule has 12 heteroatoms. The topological polar surface area (TPSA) is 121 Å². The van der Waals surface area contributed by atoms with Gasteiger partial charge in [-0.3, -0.25) is 19.5 Å². The number of thioether (sulfide) groups is 1. The number of nitro groups is 1. The average Bonchev–Trinajstić information content (AvgIpc) is 3.50. The molecule has 5 rings (SSSR count). The highest BCUT2D eigenvalue weighted by Gasteiger charge is 2.22. The summed E-state index contributed by atoms with van der Waals surface area (Å²) >= 11 is 1.11. The van der Waals surface area contributed by atoms with Crippen LogP contribution in [-0.2, 0) is 4.79 Å². The molecule has 1 aromatic heterocycles. The van der Waals surface area contributed by atoms with Crippen molar-refractivity contribution in [3.8, 4) is 28.6 Å². The number of nitro benzene ring substituents is 1. The number of carbonyl (C=O) groups excluding carboxylic acids is 1. The first-order valence-electron chi connectivity index (χ1n) is 10.3. The van der Waals surface area contributed by atoms with E-state index in [1.807, 2.05) is 36.4 Å². The van der Waals surface area contributed by atoms with Crippen LogP contribution in [0.5, 0.6) is 11.5 Å². The van der Waals surface area contributed by atoms with Crippen molar-refractivity contribution < 1.29 is 23.6 Å². The number of para-hydroxylation sites is 1. The summed E-state index contributed by atoms with van der Waals surface area (Å²) < 4.78 is 26.0. The van der Waals surface area contributed by atoms with E-state index in [9.17, 15) is 19.3 Å². The molecule has 0 saturated carbocycles. The van der Waals surface area contributed by atoms with Gasteiger partial charge in [0.15, 0.2) is 22.5 Å². The molecular weight excluding hydrogens is 477 g/mol. The third-order valence-corrected chi connectivity index (χ3v) is 5.97. The number of anilines is 1. The lowest BCUT2D eigenvalue weighted by Gasteiger charge is -2.11. The Morgan fingerprint density at radius 3 is 2.69 bits per heavy atom. The zero-order chi connectivity index (χ0) is 24.4. The summed E-state index contributed by atoms with van der Waals surface area (Å²) in [5.41, 5.74) is 0.902. The first kappa shape index (κ1) is 22.3. The van der Waals surface area contributed by atoms with Crippen molar-refractivity contribution in [1.29, 1.82) is 0 Å². The van der Waals surface area contributed by atoms with Crippen molar-refractivity contribution >= 4 is 29.0 Å². The minimum Gasteiger partial charge on any atom is -0.454 e. The van der Waals surface area contributed by atoms with Gasteiger partial charge in [-0.1, -0.05) is 30.0 Å². The molecule has 0 unspecified atom stereocenters. The summed E-state index contributed by atoms with van der Waals surface area (Å²) in [6.45, 7) is 0.145. The Labute approximate surface area is 201 Å². The molecule has 0 radical (unpaired) electrons. The van der Waals surface area contributed by atoms with Gasteiger partial charge < -0.3 is 14.8 Å². The predicted octanol–water partition coefficient (Wildman–Crippen LogP) is 4.44. The number of aromatic nitrogens is 3. The molecule has 0 spiro atoms. The van der Waals surface area contributed by atoms with Crippen LogP contribution in [0.4, 0.5) is 15.8 Å². The third-order valence-electron chi connectivity index (χ3n) is 5.04. The number of halogens is 1. The number of rotatable bonds is 7. The quantitative estimate of drug-likeness (QED) is 0.228. The maximum atomic E-state index is 13.4. The van der Waals surface area contributed by atoms with E-state index in [-0.39, 0.29) is 18.2 Å². The molecule has 1 amide bonds. The van der Waals surface area contributed by atoms with Crippen molar-refractivity contribution in [2.75, 3.05) is 17.9 Å². The molecule has 0 saturated heterocycles. The minimum atomic E-state index is -0.768. The molecule has 0 atom stereocenters. The van der Waals surface area contributed by atoms with Crippen LogP contribution in [0, 0.1) is 15.9 Å². The molecule has 0 fully saturated rings. The van der Waals surface area contributed by atoms with Gasteiger partial charge in [0.2, 0.25) is 12.7 Å². The number of ether oxygens (including phenoxy) is 2. The SMILES string of the molecule is O=C(CSc1nnc(-c2ccc3c(c2)OCO3)n1-c1ccccc1)Nc1ccc(F)cc1[N+](=O)[O-]. The van der Waals surface area contributed by atoms with Gasteiger partial charge in [0.25, 0.3) is 5.69 Å². The van der Waals surface area contributed by atoms with Crippen LogP contribution in [0.2, 0.25) is 0 Å². The number of hydrogen-bond donors (Lipinski definition) is 1. The number of hydrogen-bond acceptors (Lipinski definition) is 8. The van der Waals surface area contributed by atoms with Crippen LogP contribution in [0.3, 0.4) is 0 Å². The van der Waals surface area contributed by atoms with E-state index in [4.69, 9.17) is 9.47 Å². The van der Waals surface area contributed by atoms with E-state index >= 15 is 0 Å². The van der Waals surface area contributed by atoms with Crippen molar-refractivity contribution in [3.05, 3.63) is 82.7 Å². The van der Waals surface area contributed by atoms with Crippen molar-refractivity contribution in [3.63, 3.8) is 0 Å². The summed E-state index contributed by atoms with van der Waals surface area (Å²) in [7, 11) is 0. The lowest BCUT2D eigenvalue weighted by molar-refractivity contribution is -0.384. The predicted molar refractivity (Wildman–Crippen MR) is 125 cm³/mol. The lowest BCUT2D eigenvalue weighted by Crippen LogP contribution is -2.15. The minimum absolute atomic E-state index is 0.0902. The Hall–Kier alpha value is -4.45. The van der Waals surface area contributed by atoms with Crippen LogP contribution in [0.15, 0.2) is 71.9 Å². The Morgan fingerprint density at radius 1 is 1.09 bits per heavy atom. The van der Waals surface area contributed by atoms with Gasteiger partial charge in [0.05, 0.1) is 16.7 Å². The van der Waals surface area contributed by atoms with Crippen molar-refractivity contribution in [2.45, 2.75) is 5.16 Å². The highest BCUT2D eigenvalue weighted by Crippen LogP contribution is 2.37. The summed E-state index contributed by atoms with van der Waals surface area (Å²) in [5.74, 6) is 0.376. The van der Waals surface area contributed by atoms with Gasteiger partial charge in [-0.25, -0.2) is 4.39 Å². The fraction of sp³-hybridized carbons (Fsp3) is 0.0870. The Bertz CT molecular complexity index is 1430. The molecule has 1 aliphatic rings. The Balaban J connectivity index is 1.41. The molecular formula is C23H16FN5O5S. The van der Waals surface area contributed by atoms with Crippen LogP contribution in [0.25, 0.3) is 17.1 Å². The first-order valence-corrected chi connectivity index (χ1v) is 11.3. The van der Waals surface area contributed by atoms with E-state index in [0.29, 0.717) is 22.5 Å². The molecule has 10 nitrogen and oxygen atoms in total. The monoisotopic (exact) mass is 493 g/mol. The molecule has 176 valence electrons. The van der Waals surface area contributed by atoms with Gasteiger partial charge in [-0.05, 0) is 42.5 Å². The Kier molecular flexibility index (Phi) is 6.02. The maximum Gasteiger partial charge on any atom is 0.295 e. The number of carbonyl (C=O) groups is 1. The molecule has 1 aliphatic heterocycles. The highest BCUT2D eigenvalue weighted by molar-refractivity contribution is 7.99. The van der Waals surface area contributed by atoms with Crippen LogP contribution >= 0.6 is 11.8 Å². The van der Waals surface area contributed by atoms with Crippen molar-refractivity contribution in [2.24, 2.45) is 0 Å². The summed E-state index contributed by atoms with van der Waals surface area (Å²) in [6.07, 6.45) is 0. The fourth-order valence-electron chi connectivity index (χ4n) is 3.47. The van der Waals surface area contributed by atoms with Crippen LogP contribution < -0.4 is 14.8 Å². The van der Waals surface area contributed by atoms with Crippen LogP contribution in [0.1, 0.15) is 0 Å². The summed E-state index contributed by atoms with van der Waals surface area (Å²) in [4.78, 5) is 23.0. The fourth-order valence-corrected chi connectivity index (χ4v) is 4.23. The van der Waals surface area contributed by atoms with Gasteiger partial charge in [-0.15, -0.1) is 10.2 Å². The smallest absolute Gasteiger partial charge is 0.295 e. The van der Waals surface area contributed by atoms with Crippen LogP contribution in [-0.4, -0.2) is 38.1 Å². The normalized spacial score (nSPS) is 11.9. The summed E-state index contributed by atoms with van der Waals surface area (Å²) in [5, 5.41) is 22.7. The number of benzene rings is 3. The number of fused-ring (bicyclic) bond motifs is 1. The van der Waals surface area contributed by atoms with Gasteiger partial charge >= 0.3 is 0 Å². The number of amides is 1. The molecule has 2 heterocycles. The van der Waals surface area contributed by atoms with Gasteiger partial charge in [-0.2, -0.15) is 0 Å². The lowest BCUT2D eigenvalue weighted by atomic mass is 10.2. The largest absolute Gasteiger partial charge is 0.454 e. The molecule has 35 heavy (non-hydrogen) atoms. The maximum absolute atomic E-state index is 13.4. The van der Waals surface area contributed by atoms with E-state index in [1.165, 1.54) is 0 Å². The standard InChI is InChI=1S/C23H16FN5O5S/c24-15-7-8-17(18(11-15)29(31)32)25-21(30)12-35-23-27-26-22(28(23)16-4-2-1-3-5-16)14-6-9-19-20(10-14)34-13-33-19/h1-11H,12-13H2,(H,25,30). The second-order valence-electron chi connectivity index (χ2n) is 7.30. The second-order valence-corrected chi connectivity index (χ2v) is 8.24. The molecule has 3 aromatic carbocycles. The van der Waals surface area contributed by atoms with Gasteiger partial charge in [0.1, 0.15) is 11.5 Å². The third kappa shape index (κ3) is 4.64. The van der Waals surface area contributed by atoms with Crippen molar-refractivity contribution in [1.82, 2.24) is 14.8 Å². The second kappa shape index (κ2) is 9.43. The van der Waals surface area contributed by atoms with E-state index < -0.39 is 22.3 Å². The molecule has 4 aromatic rings. The molecule has 1 N–H and O–H groups in total. The van der Waals surface area contributed by atoms with Gasteiger partial charge in [0, 0.05) is 11.3 Å². The average molecular weight is 493 g/mol. The first-order chi connectivity index (χ1) is 17.0.